The van der Waals surface area contributed by atoms with E-state index >= 15 is 0 Å². The summed E-state index contributed by atoms with van der Waals surface area (Å²) >= 11 is 0. The Morgan fingerprint density at radius 3 is 2.71 bits per heavy atom. The van der Waals surface area contributed by atoms with Gasteiger partial charge in [-0.3, -0.25) is 0 Å². The van der Waals surface area contributed by atoms with Crippen LogP contribution in [-0.2, 0) is 0 Å². The van der Waals surface area contributed by atoms with Crippen molar-refractivity contribution in [1.29, 1.82) is 0 Å². The minimum atomic E-state index is 0.0889. The van der Waals surface area contributed by atoms with Gasteiger partial charge in [0.25, 0.3) is 0 Å². The van der Waals surface area contributed by atoms with E-state index in [-0.39, 0.29) is 12.0 Å². The number of nitrogens with two attached hydrogens (primary N) is 1. The predicted octanol–water partition coefficient (Wildman–Crippen LogP) is 3.26. The Balaban J connectivity index is 1.69. The highest BCUT2D eigenvalue weighted by molar-refractivity contribution is 5.86. The first-order valence-electron chi connectivity index (χ1n) is 7.06. The average molecular weight is 277 g/mol. The van der Waals surface area contributed by atoms with Gasteiger partial charge in [0.2, 0.25) is 11.7 Å². The molecule has 0 saturated heterocycles. The number of aromatic nitrogens is 2. The molecule has 3 aromatic rings. The smallest absolute Gasteiger partial charge is 0.233 e. The van der Waals surface area contributed by atoms with Crippen LogP contribution in [0, 0.1) is 0 Å². The zero-order valence-corrected chi connectivity index (χ0v) is 11.4. The lowest BCUT2D eigenvalue weighted by Crippen LogP contribution is -2.14. The average Bonchev–Trinajstić information content (AvgIpc) is 3.15. The summed E-state index contributed by atoms with van der Waals surface area (Å²) in [7, 11) is 0. The van der Waals surface area contributed by atoms with E-state index in [2.05, 4.69) is 34.4 Å². The zero-order chi connectivity index (χ0) is 14.2. The quantitative estimate of drug-likeness (QED) is 0.730. The monoisotopic (exact) mass is 277 g/mol. The first kappa shape index (κ1) is 12.3. The fraction of sp³-hybridized carbons (Fsp3) is 0.176. The van der Waals surface area contributed by atoms with Crippen molar-refractivity contribution < 1.29 is 4.52 Å². The van der Waals surface area contributed by atoms with Crippen LogP contribution >= 0.6 is 0 Å². The molecule has 4 rings (SSSR count). The van der Waals surface area contributed by atoms with Gasteiger partial charge in [-0.15, -0.1) is 0 Å². The molecule has 2 N–H and O–H groups in total. The molecular weight excluding hydrogens is 262 g/mol. The largest absolute Gasteiger partial charge is 0.338 e. The van der Waals surface area contributed by atoms with Gasteiger partial charge in [0.1, 0.15) is 0 Å². The van der Waals surface area contributed by atoms with Crippen molar-refractivity contribution in [3.8, 4) is 11.4 Å². The molecule has 0 amide bonds. The van der Waals surface area contributed by atoms with Crippen LogP contribution in [0.3, 0.4) is 0 Å². The van der Waals surface area contributed by atoms with Crippen LogP contribution in [0.5, 0.6) is 0 Å². The molecule has 0 saturated carbocycles. The van der Waals surface area contributed by atoms with Crippen molar-refractivity contribution in [2.45, 2.75) is 18.4 Å². The molecule has 2 atom stereocenters. The Hall–Kier alpha value is -2.46. The van der Waals surface area contributed by atoms with Crippen LogP contribution in [0.25, 0.3) is 22.2 Å². The first-order valence-corrected chi connectivity index (χ1v) is 7.06. The molecule has 1 aliphatic rings. The highest BCUT2D eigenvalue weighted by atomic mass is 16.5. The fourth-order valence-electron chi connectivity index (χ4n) is 2.74. The van der Waals surface area contributed by atoms with Crippen molar-refractivity contribution in [1.82, 2.24) is 10.1 Å². The molecule has 0 bridgehead atoms. The lowest BCUT2D eigenvalue weighted by molar-refractivity contribution is 0.365. The minimum Gasteiger partial charge on any atom is -0.338 e. The molecule has 2 aromatic carbocycles. The summed E-state index contributed by atoms with van der Waals surface area (Å²) in [5, 5.41) is 6.48. The molecule has 4 heteroatoms. The first-order chi connectivity index (χ1) is 10.3. The second-order valence-electron chi connectivity index (χ2n) is 5.41. The number of nitrogens with zero attached hydrogens (tertiary/aromatic N) is 2. The fourth-order valence-corrected chi connectivity index (χ4v) is 2.74. The van der Waals surface area contributed by atoms with Crippen LogP contribution < -0.4 is 5.73 Å². The van der Waals surface area contributed by atoms with Gasteiger partial charge >= 0.3 is 0 Å². The topological polar surface area (TPSA) is 64.9 Å². The Morgan fingerprint density at radius 1 is 1.05 bits per heavy atom. The van der Waals surface area contributed by atoms with Gasteiger partial charge in [0.15, 0.2) is 0 Å². The normalized spacial score (nSPS) is 21.2. The van der Waals surface area contributed by atoms with Gasteiger partial charge in [-0.05, 0) is 23.3 Å². The molecule has 2 unspecified atom stereocenters. The number of allylic oxidation sites excluding steroid dienone is 1. The van der Waals surface area contributed by atoms with Gasteiger partial charge in [-0.25, -0.2) is 0 Å². The van der Waals surface area contributed by atoms with Gasteiger partial charge in [-0.1, -0.05) is 53.7 Å². The zero-order valence-electron chi connectivity index (χ0n) is 11.4. The van der Waals surface area contributed by atoms with Crippen molar-refractivity contribution in [3.05, 3.63) is 60.5 Å². The predicted molar refractivity (Wildman–Crippen MR) is 81.7 cm³/mol. The van der Waals surface area contributed by atoms with Crippen molar-refractivity contribution in [2.75, 3.05) is 0 Å². The molecule has 1 aromatic heterocycles. The summed E-state index contributed by atoms with van der Waals surface area (Å²) < 4.78 is 5.40. The molecular formula is C17H15N3O. The number of fused-ring (bicyclic) bond motifs is 1. The maximum atomic E-state index is 5.87. The van der Waals surface area contributed by atoms with E-state index in [1.54, 1.807) is 0 Å². The standard InChI is InChI=1S/C17H15N3O/c18-15-8-7-14(10-15)17-19-16(20-21-17)13-6-5-11-3-1-2-4-12(11)9-13/h1-9,14-15H,10,18H2. The van der Waals surface area contributed by atoms with E-state index in [1.807, 2.05) is 30.4 Å². The second kappa shape index (κ2) is 4.82. The molecule has 0 spiro atoms. The molecule has 4 nitrogen and oxygen atoms in total. The van der Waals surface area contributed by atoms with Crippen molar-refractivity contribution >= 4 is 10.8 Å². The van der Waals surface area contributed by atoms with Crippen molar-refractivity contribution in [3.63, 3.8) is 0 Å². The molecule has 21 heavy (non-hydrogen) atoms. The number of hydrogen-bond acceptors (Lipinski definition) is 4. The van der Waals surface area contributed by atoms with Crippen LogP contribution in [0.15, 0.2) is 59.1 Å². The van der Waals surface area contributed by atoms with Crippen molar-refractivity contribution in [2.24, 2.45) is 5.73 Å². The third-order valence-corrected chi connectivity index (χ3v) is 3.88. The number of benzene rings is 2. The Labute approximate surface area is 122 Å². The maximum Gasteiger partial charge on any atom is 0.233 e. The van der Waals surface area contributed by atoms with E-state index in [9.17, 15) is 0 Å². The van der Waals surface area contributed by atoms with E-state index in [0.717, 1.165) is 12.0 Å². The summed E-state index contributed by atoms with van der Waals surface area (Å²) in [5.74, 6) is 1.41. The molecule has 0 aliphatic heterocycles. The van der Waals surface area contributed by atoms with E-state index in [4.69, 9.17) is 10.3 Å². The third-order valence-electron chi connectivity index (χ3n) is 3.88. The number of hydrogen-bond donors (Lipinski definition) is 1. The Kier molecular flexibility index (Phi) is 2.82. The van der Waals surface area contributed by atoms with Gasteiger partial charge in [0.05, 0.1) is 5.92 Å². The van der Waals surface area contributed by atoms with Gasteiger partial charge in [0, 0.05) is 11.6 Å². The number of rotatable bonds is 2. The minimum absolute atomic E-state index is 0.0889. The van der Waals surface area contributed by atoms with Gasteiger partial charge < -0.3 is 10.3 Å². The Bertz CT molecular complexity index is 822. The molecule has 1 aliphatic carbocycles. The summed E-state index contributed by atoms with van der Waals surface area (Å²) in [6.07, 6.45) is 4.87. The molecule has 0 fully saturated rings. The van der Waals surface area contributed by atoms with Crippen LogP contribution in [0.2, 0.25) is 0 Å². The van der Waals surface area contributed by atoms with Crippen LogP contribution in [-0.4, -0.2) is 16.2 Å². The maximum absolute atomic E-state index is 5.87. The SMILES string of the molecule is NC1C=CC(c2nc(-c3ccc4ccccc4c3)no2)C1. The van der Waals surface area contributed by atoms with Gasteiger partial charge in [-0.2, -0.15) is 4.98 Å². The van der Waals surface area contributed by atoms with E-state index in [0.29, 0.717) is 11.7 Å². The Morgan fingerprint density at radius 2 is 1.90 bits per heavy atom. The van der Waals surface area contributed by atoms with E-state index < -0.39 is 0 Å². The molecule has 1 heterocycles. The van der Waals surface area contributed by atoms with E-state index in [1.165, 1.54) is 10.8 Å². The summed E-state index contributed by atoms with van der Waals surface area (Å²) in [6.45, 7) is 0. The lowest BCUT2D eigenvalue weighted by Gasteiger charge is -2.02. The van der Waals surface area contributed by atoms with Crippen LogP contribution in [0.1, 0.15) is 18.2 Å². The third kappa shape index (κ3) is 2.23. The second-order valence-corrected chi connectivity index (χ2v) is 5.41. The van der Waals surface area contributed by atoms with Crippen LogP contribution in [0.4, 0.5) is 0 Å². The summed E-state index contributed by atoms with van der Waals surface area (Å²) in [4.78, 5) is 4.52. The summed E-state index contributed by atoms with van der Waals surface area (Å²) in [6, 6.07) is 14.5. The molecule has 104 valence electrons. The summed E-state index contributed by atoms with van der Waals surface area (Å²) in [5.41, 5.74) is 6.83. The highest BCUT2D eigenvalue weighted by Gasteiger charge is 2.23. The lowest BCUT2D eigenvalue weighted by atomic mass is 10.1. The molecule has 0 radical (unpaired) electrons. The highest BCUT2D eigenvalue weighted by Crippen LogP contribution is 2.29.